The third-order valence-corrected chi connectivity index (χ3v) is 3.75. The molecule has 2 N–H and O–H groups in total. The molecule has 2 aromatic rings. The first-order valence-electron chi connectivity index (χ1n) is 6.73. The first-order valence-corrected chi connectivity index (χ1v) is 6.73. The number of carbonyl (C=O) groups is 1. The van der Waals surface area contributed by atoms with Crippen LogP contribution in [-0.2, 0) is 17.4 Å². The minimum Gasteiger partial charge on any atom is -0.317 e. The lowest BCUT2D eigenvalue weighted by molar-refractivity contribution is -0.126. The lowest BCUT2D eigenvalue weighted by atomic mass is 9.87. The number of carbonyl (C=O) groups excluding carboxylic acids is 1. The first kappa shape index (κ1) is 12.9. The molecule has 1 saturated heterocycles. The van der Waals surface area contributed by atoms with Crippen LogP contribution in [0.4, 0.5) is 5.82 Å². The highest BCUT2D eigenvalue weighted by Crippen LogP contribution is 2.28. The third kappa shape index (κ3) is 2.20. The van der Waals surface area contributed by atoms with Crippen molar-refractivity contribution in [1.82, 2.24) is 24.9 Å². The summed E-state index contributed by atoms with van der Waals surface area (Å²) in [5.41, 5.74) is -0.633. The molecule has 0 atom stereocenters. The standard InChI is InChI=1S/C13H18N6O/c1-18-10-3-11(17-18)16-12(20)13(4-7-14-8-5-13)19-9-2-6-15-19/h2-3,6,9-10,14H,4-5,7-8H2,1H3,(H,16,17,20). The van der Waals surface area contributed by atoms with Gasteiger partial charge >= 0.3 is 0 Å². The average Bonchev–Trinajstić information content (AvgIpc) is 3.11. The molecule has 106 valence electrons. The van der Waals surface area contributed by atoms with Crippen LogP contribution >= 0.6 is 0 Å². The Morgan fingerprint density at radius 1 is 1.40 bits per heavy atom. The van der Waals surface area contributed by atoms with Crippen molar-refractivity contribution in [2.24, 2.45) is 7.05 Å². The van der Waals surface area contributed by atoms with Gasteiger partial charge in [-0.05, 0) is 32.0 Å². The monoisotopic (exact) mass is 274 g/mol. The molecule has 0 saturated carbocycles. The summed E-state index contributed by atoms with van der Waals surface area (Å²) in [5, 5.41) is 14.7. The predicted octanol–water partition coefficient (Wildman–Crippen LogP) is 0.334. The van der Waals surface area contributed by atoms with E-state index < -0.39 is 5.54 Å². The molecule has 1 fully saturated rings. The maximum Gasteiger partial charge on any atom is 0.253 e. The highest BCUT2D eigenvalue weighted by molar-refractivity contribution is 5.96. The summed E-state index contributed by atoms with van der Waals surface area (Å²) in [6, 6.07) is 3.63. The Bertz CT molecular complexity index is 582. The highest BCUT2D eigenvalue weighted by Gasteiger charge is 2.42. The summed E-state index contributed by atoms with van der Waals surface area (Å²) in [5.74, 6) is 0.518. The summed E-state index contributed by atoms with van der Waals surface area (Å²) in [7, 11) is 1.82. The van der Waals surface area contributed by atoms with E-state index >= 15 is 0 Å². The molecule has 1 aliphatic heterocycles. The van der Waals surface area contributed by atoms with Crippen LogP contribution in [0.25, 0.3) is 0 Å². The summed E-state index contributed by atoms with van der Waals surface area (Å²) in [4.78, 5) is 12.7. The molecule has 0 bridgehead atoms. The van der Waals surface area contributed by atoms with Gasteiger partial charge in [0.2, 0.25) is 0 Å². The Balaban J connectivity index is 1.87. The number of piperidine rings is 1. The van der Waals surface area contributed by atoms with Crippen LogP contribution in [0.3, 0.4) is 0 Å². The van der Waals surface area contributed by atoms with Gasteiger partial charge in [0.15, 0.2) is 5.82 Å². The number of amides is 1. The van der Waals surface area contributed by atoms with Crippen molar-refractivity contribution < 1.29 is 4.79 Å². The molecule has 0 unspecified atom stereocenters. The molecule has 0 radical (unpaired) electrons. The van der Waals surface area contributed by atoms with Crippen LogP contribution in [0.5, 0.6) is 0 Å². The Kier molecular flexibility index (Phi) is 3.27. The number of nitrogens with zero attached hydrogens (tertiary/aromatic N) is 4. The van der Waals surface area contributed by atoms with E-state index in [1.807, 2.05) is 19.3 Å². The number of hydrogen-bond donors (Lipinski definition) is 2. The molecule has 0 aliphatic carbocycles. The Morgan fingerprint density at radius 2 is 2.20 bits per heavy atom. The Labute approximate surface area is 117 Å². The number of hydrogen-bond acceptors (Lipinski definition) is 4. The van der Waals surface area contributed by atoms with E-state index in [1.165, 1.54) is 0 Å². The Hall–Kier alpha value is -2.15. The Morgan fingerprint density at radius 3 is 2.80 bits per heavy atom. The average molecular weight is 274 g/mol. The van der Waals surface area contributed by atoms with Gasteiger partial charge in [-0.25, -0.2) is 0 Å². The van der Waals surface area contributed by atoms with E-state index in [4.69, 9.17) is 0 Å². The molecule has 7 nitrogen and oxygen atoms in total. The van der Waals surface area contributed by atoms with E-state index in [1.54, 1.807) is 27.8 Å². The number of anilines is 1. The van der Waals surface area contributed by atoms with E-state index in [2.05, 4.69) is 20.8 Å². The zero-order chi connectivity index (χ0) is 14.0. The van der Waals surface area contributed by atoms with Crippen molar-refractivity contribution in [2.45, 2.75) is 18.4 Å². The minimum absolute atomic E-state index is 0.0543. The quantitative estimate of drug-likeness (QED) is 0.846. The van der Waals surface area contributed by atoms with Crippen molar-refractivity contribution in [3.63, 3.8) is 0 Å². The topological polar surface area (TPSA) is 76.8 Å². The number of aryl methyl sites for hydroxylation is 1. The van der Waals surface area contributed by atoms with Gasteiger partial charge in [0.25, 0.3) is 5.91 Å². The van der Waals surface area contributed by atoms with Crippen molar-refractivity contribution in [3.8, 4) is 0 Å². The van der Waals surface area contributed by atoms with Crippen LogP contribution in [0.2, 0.25) is 0 Å². The van der Waals surface area contributed by atoms with Crippen molar-refractivity contribution >= 4 is 11.7 Å². The molecule has 7 heteroatoms. The molecule has 1 amide bonds. The van der Waals surface area contributed by atoms with Crippen LogP contribution in [0.1, 0.15) is 12.8 Å². The predicted molar refractivity (Wildman–Crippen MR) is 74.1 cm³/mol. The minimum atomic E-state index is -0.633. The molecule has 1 aliphatic rings. The van der Waals surface area contributed by atoms with Gasteiger partial charge in [-0.2, -0.15) is 10.2 Å². The van der Waals surface area contributed by atoms with Gasteiger partial charge in [0, 0.05) is 31.7 Å². The number of rotatable bonds is 3. The van der Waals surface area contributed by atoms with Gasteiger partial charge in [-0.3, -0.25) is 14.2 Å². The third-order valence-electron chi connectivity index (χ3n) is 3.75. The molecule has 20 heavy (non-hydrogen) atoms. The van der Waals surface area contributed by atoms with E-state index in [-0.39, 0.29) is 5.91 Å². The van der Waals surface area contributed by atoms with Crippen molar-refractivity contribution in [3.05, 3.63) is 30.7 Å². The van der Waals surface area contributed by atoms with E-state index in [0.717, 1.165) is 13.1 Å². The van der Waals surface area contributed by atoms with Crippen molar-refractivity contribution in [2.75, 3.05) is 18.4 Å². The number of aromatic nitrogens is 4. The summed E-state index contributed by atoms with van der Waals surface area (Å²) in [6.45, 7) is 1.60. The normalized spacial score (nSPS) is 17.9. The first-order chi connectivity index (χ1) is 9.71. The smallest absolute Gasteiger partial charge is 0.253 e. The lowest BCUT2D eigenvalue weighted by Crippen LogP contribution is -2.52. The molecule has 3 heterocycles. The van der Waals surface area contributed by atoms with Gasteiger partial charge < -0.3 is 10.6 Å². The second-order valence-electron chi connectivity index (χ2n) is 5.06. The second kappa shape index (κ2) is 5.09. The van der Waals surface area contributed by atoms with E-state index in [9.17, 15) is 4.79 Å². The molecule has 3 rings (SSSR count). The highest BCUT2D eigenvalue weighted by atomic mass is 16.2. The van der Waals surface area contributed by atoms with E-state index in [0.29, 0.717) is 18.7 Å². The maximum absolute atomic E-state index is 12.7. The second-order valence-corrected chi connectivity index (χ2v) is 5.06. The fraction of sp³-hybridized carbons (Fsp3) is 0.462. The SMILES string of the molecule is Cn1ccc(NC(=O)C2(n3cccn3)CCNCC2)n1. The number of nitrogens with one attached hydrogen (secondary N) is 2. The molecule has 0 spiro atoms. The lowest BCUT2D eigenvalue weighted by Gasteiger charge is -2.36. The van der Waals surface area contributed by atoms with Crippen LogP contribution in [0.15, 0.2) is 30.7 Å². The zero-order valence-electron chi connectivity index (χ0n) is 11.4. The summed E-state index contributed by atoms with van der Waals surface area (Å²) < 4.78 is 3.44. The van der Waals surface area contributed by atoms with Gasteiger partial charge in [-0.15, -0.1) is 0 Å². The summed E-state index contributed by atoms with van der Waals surface area (Å²) in [6.07, 6.45) is 6.79. The van der Waals surface area contributed by atoms with Crippen molar-refractivity contribution in [1.29, 1.82) is 0 Å². The fourth-order valence-electron chi connectivity index (χ4n) is 2.64. The van der Waals surface area contributed by atoms with Crippen LogP contribution < -0.4 is 10.6 Å². The molecular weight excluding hydrogens is 256 g/mol. The zero-order valence-corrected chi connectivity index (χ0v) is 11.4. The van der Waals surface area contributed by atoms with Crippen LogP contribution in [-0.4, -0.2) is 38.6 Å². The summed E-state index contributed by atoms with van der Waals surface area (Å²) >= 11 is 0. The van der Waals surface area contributed by atoms with Gasteiger partial charge in [-0.1, -0.05) is 0 Å². The largest absolute Gasteiger partial charge is 0.317 e. The van der Waals surface area contributed by atoms with Gasteiger partial charge in [0.1, 0.15) is 5.54 Å². The molecule has 2 aromatic heterocycles. The molecule has 0 aromatic carbocycles. The maximum atomic E-state index is 12.7. The fourth-order valence-corrected chi connectivity index (χ4v) is 2.64. The molecular formula is C13H18N6O. The van der Waals surface area contributed by atoms with Gasteiger partial charge in [0.05, 0.1) is 0 Å². The van der Waals surface area contributed by atoms with Crippen LogP contribution in [0, 0.1) is 0 Å².